The zero-order valence-electron chi connectivity index (χ0n) is 15.3. The molecule has 0 unspecified atom stereocenters. The van der Waals surface area contributed by atoms with Crippen LogP contribution in [-0.2, 0) is 10.0 Å². The lowest BCUT2D eigenvalue weighted by Crippen LogP contribution is -3.12. The molecule has 27 heavy (non-hydrogen) atoms. The third kappa shape index (κ3) is 5.42. The van der Waals surface area contributed by atoms with Crippen molar-refractivity contribution >= 4 is 27.7 Å². The van der Waals surface area contributed by atoms with Crippen LogP contribution in [0.1, 0.15) is 15.9 Å². The molecule has 1 aliphatic heterocycles. The second kappa shape index (κ2) is 8.37. The number of likely N-dealkylation sites (N-methyl/N-ethyl adjacent to an activating group) is 1. The Hall–Kier alpha value is -2.64. The maximum absolute atomic E-state index is 12.5. The predicted molar refractivity (Wildman–Crippen MR) is 107 cm³/mol. The number of sulfonamides is 1. The van der Waals surface area contributed by atoms with E-state index in [9.17, 15) is 13.2 Å². The lowest BCUT2D eigenvalue weighted by Gasteiger charge is -2.30. The lowest BCUT2D eigenvalue weighted by molar-refractivity contribution is -0.883. The summed E-state index contributed by atoms with van der Waals surface area (Å²) in [5.74, 6) is -0.0131. The van der Waals surface area contributed by atoms with Gasteiger partial charge in [0.05, 0.1) is 38.6 Å². The summed E-state index contributed by atoms with van der Waals surface area (Å²) in [4.78, 5) is 15.8. The molecule has 0 bridgehead atoms. The SMILES string of the molecule is C[NH+]1CCN(C(=O)c2ccc(NS(=O)(=O)/C=C/c3ccccc3)cc2)CC1. The van der Waals surface area contributed by atoms with Crippen LogP contribution in [0.5, 0.6) is 0 Å². The molecule has 0 atom stereocenters. The molecular weight excluding hydrogens is 362 g/mol. The number of hydrogen-bond acceptors (Lipinski definition) is 3. The normalized spacial score (nSPS) is 15.8. The number of rotatable bonds is 5. The van der Waals surface area contributed by atoms with E-state index in [1.54, 1.807) is 24.3 Å². The topological polar surface area (TPSA) is 70.9 Å². The van der Waals surface area contributed by atoms with Gasteiger partial charge in [0.1, 0.15) is 0 Å². The quantitative estimate of drug-likeness (QED) is 0.808. The lowest BCUT2D eigenvalue weighted by atomic mass is 10.1. The first-order chi connectivity index (χ1) is 12.9. The standard InChI is InChI=1S/C20H23N3O3S/c1-22-12-14-23(15-13-22)20(24)18-7-9-19(10-8-18)21-27(25,26)16-11-17-5-3-2-4-6-17/h2-11,16,21H,12-15H2,1H3/p+1/b16-11+. The van der Waals surface area contributed by atoms with Crippen molar-refractivity contribution in [1.82, 2.24) is 4.90 Å². The van der Waals surface area contributed by atoms with Crippen molar-refractivity contribution in [3.8, 4) is 0 Å². The molecule has 1 heterocycles. The monoisotopic (exact) mass is 386 g/mol. The average Bonchev–Trinajstić information content (AvgIpc) is 2.68. The van der Waals surface area contributed by atoms with Crippen LogP contribution in [0, 0.1) is 0 Å². The zero-order chi connectivity index (χ0) is 19.3. The van der Waals surface area contributed by atoms with Crippen LogP contribution in [0.25, 0.3) is 6.08 Å². The number of amides is 1. The first-order valence-electron chi connectivity index (χ1n) is 8.89. The van der Waals surface area contributed by atoms with Crippen LogP contribution in [-0.4, -0.2) is 52.5 Å². The van der Waals surface area contributed by atoms with E-state index in [0.717, 1.165) is 37.2 Å². The summed E-state index contributed by atoms with van der Waals surface area (Å²) in [6, 6.07) is 15.8. The third-order valence-electron chi connectivity index (χ3n) is 4.54. The fraction of sp³-hybridized carbons (Fsp3) is 0.250. The van der Waals surface area contributed by atoms with Crippen molar-refractivity contribution in [3.63, 3.8) is 0 Å². The molecule has 1 fully saturated rings. The summed E-state index contributed by atoms with van der Waals surface area (Å²) >= 11 is 0. The Labute approximate surface area is 160 Å². The van der Waals surface area contributed by atoms with Gasteiger partial charge < -0.3 is 9.80 Å². The van der Waals surface area contributed by atoms with Gasteiger partial charge in [0.25, 0.3) is 15.9 Å². The summed E-state index contributed by atoms with van der Waals surface area (Å²) < 4.78 is 26.9. The van der Waals surface area contributed by atoms with E-state index in [0.29, 0.717) is 11.3 Å². The summed E-state index contributed by atoms with van der Waals surface area (Å²) in [5, 5.41) is 1.13. The molecule has 0 saturated carbocycles. The van der Waals surface area contributed by atoms with Gasteiger partial charge in [-0.05, 0) is 35.9 Å². The molecule has 2 aromatic rings. The van der Waals surface area contributed by atoms with Gasteiger partial charge in [-0.3, -0.25) is 9.52 Å². The van der Waals surface area contributed by atoms with E-state index in [1.165, 1.54) is 11.0 Å². The molecule has 142 valence electrons. The number of carbonyl (C=O) groups is 1. The van der Waals surface area contributed by atoms with Crippen LogP contribution in [0.3, 0.4) is 0 Å². The van der Waals surface area contributed by atoms with Gasteiger partial charge in [-0.25, -0.2) is 8.42 Å². The largest absolute Gasteiger partial charge is 0.334 e. The Balaban J connectivity index is 1.63. The number of piperazine rings is 1. The van der Waals surface area contributed by atoms with Gasteiger partial charge in [-0.1, -0.05) is 30.3 Å². The highest BCUT2D eigenvalue weighted by Gasteiger charge is 2.22. The number of quaternary nitrogens is 1. The van der Waals surface area contributed by atoms with Gasteiger partial charge >= 0.3 is 0 Å². The molecule has 2 N–H and O–H groups in total. The zero-order valence-corrected chi connectivity index (χ0v) is 16.1. The van der Waals surface area contributed by atoms with E-state index in [-0.39, 0.29) is 5.91 Å². The van der Waals surface area contributed by atoms with E-state index in [2.05, 4.69) is 11.8 Å². The molecule has 0 radical (unpaired) electrons. The predicted octanol–water partition coefficient (Wildman–Crippen LogP) is 1.07. The highest BCUT2D eigenvalue weighted by Crippen LogP contribution is 2.14. The first kappa shape index (κ1) is 19.1. The summed E-state index contributed by atoms with van der Waals surface area (Å²) in [5.41, 5.74) is 1.79. The van der Waals surface area contributed by atoms with Crippen molar-refractivity contribution in [3.05, 3.63) is 71.1 Å². The molecule has 1 amide bonds. The molecule has 0 aromatic heterocycles. The third-order valence-corrected chi connectivity index (χ3v) is 5.55. The smallest absolute Gasteiger partial charge is 0.255 e. The molecule has 2 aromatic carbocycles. The summed E-state index contributed by atoms with van der Waals surface area (Å²) in [7, 11) is -1.50. The minimum atomic E-state index is -3.62. The number of nitrogens with one attached hydrogen (secondary N) is 2. The Morgan fingerprint density at radius 3 is 2.30 bits per heavy atom. The minimum absolute atomic E-state index is 0.0131. The molecule has 1 saturated heterocycles. The Morgan fingerprint density at radius 2 is 1.67 bits per heavy atom. The van der Waals surface area contributed by atoms with Crippen molar-refractivity contribution in [2.45, 2.75) is 0 Å². The van der Waals surface area contributed by atoms with Crippen LogP contribution < -0.4 is 9.62 Å². The van der Waals surface area contributed by atoms with E-state index in [1.807, 2.05) is 35.2 Å². The summed E-state index contributed by atoms with van der Waals surface area (Å²) in [6.45, 7) is 3.36. The van der Waals surface area contributed by atoms with Crippen LogP contribution in [0.2, 0.25) is 0 Å². The Kier molecular flexibility index (Phi) is 5.93. The molecule has 6 nitrogen and oxygen atoms in total. The Morgan fingerprint density at radius 1 is 1.04 bits per heavy atom. The number of benzene rings is 2. The van der Waals surface area contributed by atoms with E-state index >= 15 is 0 Å². The van der Waals surface area contributed by atoms with Crippen molar-refractivity contribution in [2.75, 3.05) is 37.9 Å². The number of carbonyl (C=O) groups excluding carboxylic acids is 1. The van der Waals surface area contributed by atoms with E-state index < -0.39 is 10.0 Å². The molecule has 0 aliphatic carbocycles. The minimum Gasteiger partial charge on any atom is -0.334 e. The maximum Gasteiger partial charge on any atom is 0.255 e. The number of hydrogen-bond donors (Lipinski definition) is 2. The van der Waals surface area contributed by atoms with Crippen molar-refractivity contribution in [1.29, 1.82) is 0 Å². The highest BCUT2D eigenvalue weighted by atomic mass is 32.2. The maximum atomic E-state index is 12.5. The van der Waals surface area contributed by atoms with E-state index in [4.69, 9.17) is 0 Å². The first-order valence-corrected chi connectivity index (χ1v) is 10.4. The summed E-state index contributed by atoms with van der Waals surface area (Å²) in [6.07, 6.45) is 1.54. The fourth-order valence-electron chi connectivity index (χ4n) is 2.89. The fourth-order valence-corrected chi connectivity index (χ4v) is 3.75. The van der Waals surface area contributed by atoms with Crippen molar-refractivity contribution < 1.29 is 18.1 Å². The van der Waals surface area contributed by atoms with Crippen LogP contribution in [0.15, 0.2) is 60.0 Å². The highest BCUT2D eigenvalue weighted by molar-refractivity contribution is 7.95. The van der Waals surface area contributed by atoms with Gasteiger partial charge in [0.15, 0.2) is 0 Å². The Bertz CT molecular complexity index is 901. The second-order valence-corrected chi connectivity index (χ2v) is 8.25. The van der Waals surface area contributed by atoms with Gasteiger partial charge in [-0.2, -0.15) is 0 Å². The molecule has 0 spiro atoms. The second-order valence-electron chi connectivity index (χ2n) is 6.69. The van der Waals surface area contributed by atoms with Crippen LogP contribution in [0.4, 0.5) is 5.69 Å². The number of nitrogens with zero attached hydrogens (tertiary/aromatic N) is 1. The van der Waals surface area contributed by atoms with Crippen LogP contribution >= 0.6 is 0 Å². The average molecular weight is 386 g/mol. The molecule has 1 aliphatic rings. The molecule has 7 heteroatoms. The molecule has 3 rings (SSSR count). The number of anilines is 1. The van der Waals surface area contributed by atoms with Gasteiger partial charge in [0.2, 0.25) is 0 Å². The van der Waals surface area contributed by atoms with Gasteiger partial charge in [-0.15, -0.1) is 0 Å². The van der Waals surface area contributed by atoms with Gasteiger partial charge in [0, 0.05) is 11.3 Å². The molecular formula is C20H24N3O3S+. The van der Waals surface area contributed by atoms with Crippen molar-refractivity contribution in [2.24, 2.45) is 0 Å².